The number of ether oxygens (including phenoxy) is 1. The van der Waals surface area contributed by atoms with Crippen LogP contribution >= 0.6 is 15.9 Å². The van der Waals surface area contributed by atoms with Crippen LogP contribution in [0.1, 0.15) is 27.3 Å². The molecule has 0 N–H and O–H groups in total. The second-order valence-electron chi connectivity index (χ2n) is 4.57. The minimum atomic E-state index is -0.303. The van der Waals surface area contributed by atoms with E-state index in [0.717, 1.165) is 21.5 Å². The molecule has 19 heavy (non-hydrogen) atoms. The number of hydrogen-bond donors (Lipinski definition) is 0. The summed E-state index contributed by atoms with van der Waals surface area (Å²) in [6, 6.07) is 8.01. The van der Waals surface area contributed by atoms with E-state index in [9.17, 15) is 4.79 Å². The Bertz CT molecular complexity index is 644. The molecule has 1 aromatic heterocycles. The number of esters is 1. The van der Waals surface area contributed by atoms with Crippen molar-refractivity contribution in [3.05, 3.63) is 51.3 Å². The van der Waals surface area contributed by atoms with E-state index in [-0.39, 0.29) is 5.97 Å². The van der Waals surface area contributed by atoms with Crippen LogP contribution in [-0.2, 0) is 4.74 Å². The number of carbonyl (C=O) groups excluding carboxylic acids is 1. The second kappa shape index (κ2) is 5.21. The molecule has 0 spiro atoms. The summed E-state index contributed by atoms with van der Waals surface area (Å²) in [5.74, 6) is -0.303. The zero-order valence-corrected chi connectivity index (χ0v) is 13.0. The number of carbonyl (C=O) groups is 1. The summed E-state index contributed by atoms with van der Waals surface area (Å²) in [5, 5.41) is 0. The lowest BCUT2D eigenvalue weighted by molar-refractivity contribution is 0.0600. The molecule has 0 saturated carbocycles. The Morgan fingerprint density at radius 3 is 2.47 bits per heavy atom. The molecule has 0 radical (unpaired) electrons. The first-order valence-corrected chi connectivity index (χ1v) is 6.78. The van der Waals surface area contributed by atoms with Crippen molar-refractivity contribution >= 4 is 21.9 Å². The van der Waals surface area contributed by atoms with E-state index in [2.05, 4.69) is 32.6 Å². The molecule has 3 nitrogen and oxygen atoms in total. The molecule has 0 aliphatic heterocycles. The molecule has 100 valence electrons. The Morgan fingerprint density at radius 1 is 1.21 bits per heavy atom. The van der Waals surface area contributed by atoms with E-state index in [1.165, 1.54) is 12.7 Å². The van der Waals surface area contributed by atoms with Gasteiger partial charge in [-0.3, -0.25) is 0 Å². The lowest BCUT2D eigenvalue weighted by atomic mass is 10.2. The van der Waals surface area contributed by atoms with Crippen LogP contribution in [0.15, 0.2) is 28.7 Å². The number of benzene rings is 1. The Labute approximate surface area is 121 Å². The summed E-state index contributed by atoms with van der Waals surface area (Å²) in [6.45, 7) is 5.95. The maximum Gasteiger partial charge on any atom is 0.339 e. The molecular weight excluding hydrogens is 306 g/mol. The van der Waals surface area contributed by atoms with Crippen molar-refractivity contribution in [2.45, 2.75) is 20.8 Å². The van der Waals surface area contributed by atoms with Gasteiger partial charge in [-0.2, -0.15) is 0 Å². The Morgan fingerprint density at radius 2 is 1.89 bits per heavy atom. The molecule has 1 aromatic carbocycles. The fraction of sp³-hybridized carbons (Fsp3) is 0.267. The molecule has 4 heteroatoms. The molecule has 0 bridgehead atoms. The topological polar surface area (TPSA) is 31.2 Å². The van der Waals surface area contributed by atoms with Crippen molar-refractivity contribution in [2.24, 2.45) is 0 Å². The third kappa shape index (κ3) is 2.45. The number of hydrogen-bond acceptors (Lipinski definition) is 2. The highest BCUT2D eigenvalue weighted by Gasteiger charge is 2.18. The first-order chi connectivity index (χ1) is 8.95. The van der Waals surface area contributed by atoms with Gasteiger partial charge in [0.05, 0.1) is 18.4 Å². The molecule has 2 aromatic rings. The van der Waals surface area contributed by atoms with E-state index in [0.29, 0.717) is 5.56 Å². The summed E-state index contributed by atoms with van der Waals surface area (Å²) in [7, 11) is 1.40. The molecule has 1 heterocycles. The van der Waals surface area contributed by atoms with Gasteiger partial charge >= 0.3 is 5.97 Å². The van der Waals surface area contributed by atoms with Crippen molar-refractivity contribution in [1.29, 1.82) is 0 Å². The van der Waals surface area contributed by atoms with Crippen LogP contribution in [0.4, 0.5) is 0 Å². The Hall–Kier alpha value is -1.55. The largest absolute Gasteiger partial charge is 0.465 e. The van der Waals surface area contributed by atoms with Gasteiger partial charge in [-0.25, -0.2) is 4.79 Å². The highest BCUT2D eigenvalue weighted by molar-refractivity contribution is 9.10. The van der Waals surface area contributed by atoms with Gasteiger partial charge in [0.2, 0.25) is 0 Å². The molecule has 0 unspecified atom stereocenters. The SMILES string of the molecule is COC(=O)c1cc(C)n(-c2ccc(C)cc2Br)c1C. The van der Waals surface area contributed by atoms with Crippen molar-refractivity contribution in [1.82, 2.24) is 4.57 Å². The summed E-state index contributed by atoms with van der Waals surface area (Å²) in [5.41, 5.74) is 4.70. The molecule has 0 aliphatic carbocycles. The van der Waals surface area contributed by atoms with Gasteiger partial charge in [0, 0.05) is 15.9 Å². The summed E-state index contributed by atoms with van der Waals surface area (Å²) in [6.07, 6.45) is 0. The zero-order valence-electron chi connectivity index (χ0n) is 11.5. The Balaban J connectivity index is 2.63. The van der Waals surface area contributed by atoms with E-state index in [1.54, 1.807) is 0 Å². The quantitative estimate of drug-likeness (QED) is 0.784. The number of aromatic nitrogens is 1. The molecule has 0 amide bonds. The molecule has 2 rings (SSSR count). The fourth-order valence-corrected chi connectivity index (χ4v) is 2.91. The molecule has 0 saturated heterocycles. The van der Waals surface area contributed by atoms with Gasteiger partial charge in [0.1, 0.15) is 0 Å². The highest BCUT2D eigenvalue weighted by atomic mass is 79.9. The standard InChI is InChI=1S/C15H16BrNO2/c1-9-5-6-14(13(16)7-9)17-10(2)8-12(11(17)3)15(18)19-4/h5-8H,1-4H3. The van der Waals surface area contributed by atoms with Gasteiger partial charge in [-0.05, 0) is 60.5 Å². The van der Waals surface area contributed by atoms with Crippen molar-refractivity contribution < 1.29 is 9.53 Å². The van der Waals surface area contributed by atoms with Crippen LogP contribution in [0.2, 0.25) is 0 Å². The smallest absolute Gasteiger partial charge is 0.339 e. The van der Waals surface area contributed by atoms with Crippen molar-refractivity contribution in [3.63, 3.8) is 0 Å². The van der Waals surface area contributed by atoms with Gasteiger partial charge in [-0.1, -0.05) is 6.07 Å². The van der Waals surface area contributed by atoms with Crippen LogP contribution < -0.4 is 0 Å². The molecular formula is C15H16BrNO2. The van der Waals surface area contributed by atoms with Crippen LogP contribution in [0, 0.1) is 20.8 Å². The number of aryl methyl sites for hydroxylation is 2. The number of nitrogens with zero attached hydrogens (tertiary/aromatic N) is 1. The number of halogens is 1. The van der Waals surface area contributed by atoms with E-state index in [4.69, 9.17) is 4.74 Å². The van der Waals surface area contributed by atoms with Gasteiger partial charge in [0.25, 0.3) is 0 Å². The predicted molar refractivity (Wildman–Crippen MR) is 79.0 cm³/mol. The molecule has 0 fully saturated rings. The zero-order chi connectivity index (χ0) is 14.2. The maximum atomic E-state index is 11.7. The summed E-state index contributed by atoms with van der Waals surface area (Å²) >= 11 is 3.58. The van der Waals surface area contributed by atoms with Crippen LogP contribution in [0.25, 0.3) is 5.69 Å². The third-order valence-corrected chi connectivity index (χ3v) is 3.82. The van der Waals surface area contributed by atoms with Gasteiger partial charge in [0.15, 0.2) is 0 Å². The van der Waals surface area contributed by atoms with Crippen LogP contribution in [-0.4, -0.2) is 17.6 Å². The molecule has 0 atom stereocenters. The lowest BCUT2D eigenvalue weighted by Gasteiger charge is -2.12. The van der Waals surface area contributed by atoms with Crippen LogP contribution in [0.5, 0.6) is 0 Å². The normalized spacial score (nSPS) is 10.6. The van der Waals surface area contributed by atoms with Gasteiger partial charge in [-0.15, -0.1) is 0 Å². The average Bonchev–Trinajstić information content (AvgIpc) is 2.65. The lowest BCUT2D eigenvalue weighted by Crippen LogP contribution is -2.05. The van der Waals surface area contributed by atoms with Crippen molar-refractivity contribution in [2.75, 3.05) is 7.11 Å². The maximum absolute atomic E-state index is 11.7. The first kappa shape index (κ1) is 13.9. The number of rotatable bonds is 2. The van der Waals surface area contributed by atoms with Crippen LogP contribution in [0.3, 0.4) is 0 Å². The monoisotopic (exact) mass is 321 g/mol. The summed E-state index contributed by atoms with van der Waals surface area (Å²) < 4.78 is 7.86. The van der Waals surface area contributed by atoms with E-state index >= 15 is 0 Å². The Kier molecular flexibility index (Phi) is 3.80. The van der Waals surface area contributed by atoms with Crippen molar-refractivity contribution in [3.8, 4) is 5.69 Å². The van der Waals surface area contributed by atoms with Gasteiger partial charge < -0.3 is 9.30 Å². The third-order valence-electron chi connectivity index (χ3n) is 3.18. The minimum Gasteiger partial charge on any atom is -0.465 e. The van der Waals surface area contributed by atoms with E-state index in [1.807, 2.05) is 32.9 Å². The second-order valence-corrected chi connectivity index (χ2v) is 5.42. The fourth-order valence-electron chi connectivity index (χ4n) is 2.24. The minimum absolute atomic E-state index is 0.303. The van der Waals surface area contributed by atoms with E-state index < -0.39 is 0 Å². The molecule has 0 aliphatic rings. The average molecular weight is 322 g/mol. The highest BCUT2D eigenvalue weighted by Crippen LogP contribution is 2.27. The first-order valence-electron chi connectivity index (χ1n) is 5.99. The summed E-state index contributed by atoms with van der Waals surface area (Å²) in [4.78, 5) is 11.7. The number of methoxy groups -OCH3 is 1. The predicted octanol–water partition coefficient (Wildman–Crippen LogP) is 3.95.